The zero-order valence-electron chi connectivity index (χ0n) is 23.8. The molecular weight excluding hydrogens is 534 g/mol. The van der Waals surface area contributed by atoms with Gasteiger partial charge < -0.3 is 25.8 Å². The lowest BCUT2D eigenvalue weighted by Gasteiger charge is -2.25. The Hall–Kier alpha value is -4.34. The molecular formula is C33H37N3O6. The molecule has 1 aliphatic heterocycles. The second-order valence-electron chi connectivity index (χ2n) is 10.9. The quantitative estimate of drug-likeness (QED) is 0.220. The van der Waals surface area contributed by atoms with Crippen molar-refractivity contribution in [1.29, 1.82) is 0 Å². The Kier molecular flexibility index (Phi) is 10.2. The highest BCUT2D eigenvalue weighted by Gasteiger charge is 2.54. The van der Waals surface area contributed by atoms with Gasteiger partial charge in [0.25, 0.3) is 5.91 Å². The maximum absolute atomic E-state index is 13.6. The number of aliphatic hydroxyl groups excluding tert-OH is 1. The van der Waals surface area contributed by atoms with Crippen LogP contribution in [0.5, 0.6) is 0 Å². The standard InChI is InChI=1S/C33H37N3O6/c1-22(2)16-27(30(39)33(20-37)21-42-33)35-32(41)28(19-34-29(38)17-23-10-5-3-6-11-23)36-31(40)26-15-9-14-25(18-26)24-12-7-4-8-13-24/h3-15,18,22,27-28,37H,16-17,19-21H2,1-2H3,(H,34,38)(H,35,41)(H,36,40). The summed E-state index contributed by atoms with van der Waals surface area (Å²) in [5.74, 6) is -1.82. The highest BCUT2D eigenvalue weighted by Crippen LogP contribution is 2.30. The summed E-state index contributed by atoms with van der Waals surface area (Å²) in [5, 5.41) is 17.9. The fraction of sp³-hybridized carbons (Fsp3) is 0.333. The van der Waals surface area contributed by atoms with Gasteiger partial charge in [-0.3, -0.25) is 19.2 Å². The third-order valence-corrected chi connectivity index (χ3v) is 7.10. The Bertz CT molecular complexity index is 1390. The van der Waals surface area contributed by atoms with Gasteiger partial charge in [0.15, 0.2) is 11.4 Å². The largest absolute Gasteiger partial charge is 0.393 e. The highest BCUT2D eigenvalue weighted by molar-refractivity contribution is 6.01. The van der Waals surface area contributed by atoms with Gasteiger partial charge in [-0.15, -0.1) is 0 Å². The summed E-state index contributed by atoms with van der Waals surface area (Å²) in [6.45, 7) is 3.24. The molecule has 0 bridgehead atoms. The Labute approximate surface area is 245 Å². The van der Waals surface area contributed by atoms with E-state index in [0.717, 1.165) is 16.7 Å². The number of aliphatic hydroxyl groups is 1. The molecule has 9 nitrogen and oxygen atoms in total. The van der Waals surface area contributed by atoms with Crippen LogP contribution in [-0.4, -0.2) is 66.1 Å². The van der Waals surface area contributed by atoms with Crippen LogP contribution in [0.2, 0.25) is 0 Å². The summed E-state index contributed by atoms with van der Waals surface area (Å²) in [6, 6.07) is 23.7. The minimum Gasteiger partial charge on any atom is -0.393 e. The van der Waals surface area contributed by atoms with E-state index in [1.165, 1.54) is 0 Å². The van der Waals surface area contributed by atoms with Crippen molar-refractivity contribution in [3.63, 3.8) is 0 Å². The van der Waals surface area contributed by atoms with E-state index in [1.54, 1.807) is 18.2 Å². The van der Waals surface area contributed by atoms with Crippen molar-refractivity contribution in [2.24, 2.45) is 5.92 Å². The summed E-state index contributed by atoms with van der Waals surface area (Å²) in [4.78, 5) is 52.8. The van der Waals surface area contributed by atoms with Crippen molar-refractivity contribution in [2.75, 3.05) is 19.8 Å². The highest BCUT2D eigenvalue weighted by atomic mass is 16.6. The summed E-state index contributed by atoms with van der Waals surface area (Å²) in [7, 11) is 0. The smallest absolute Gasteiger partial charge is 0.252 e. The number of amides is 3. The molecule has 3 aromatic rings. The molecule has 4 rings (SSSR count). The van der Waals surface area contributed by atoms with E-state index in [2.05, 4.69) is 16.0 Å². The van der Waals surface area contributed by atoms with E-state index in [0.29, 0.717) is 12.0 Å². The SMILES string of the molecule is CC(C)CC(NC(=O)C(CNC(=O)Cc1ccccc1)NC(=O)c1cccc(-c2ccccc2)c1)C(=O)C1(CO)CO1. The Morgan fingerprint density at radius 1 is 0.857 bits per heavy atom. The molecule has 1 saturated heterocycles. The molecule has 1 heterocycles. The maximum atomic E-state index is 13.6. The van der Waals surface area contributed by atoms with Crippen LogP contribution in [-0.2, 0) is 25.5 Å². The molecule has 9 heteroatoms. The molecule has 0 saturated carbocycles. The minimum absolute atomic E-state index is 0.0492. The van der Waals surface area contributed by atoms with Crippen molar-refractivity contribution in [3.8, 4) is 11.1 Å². The topological polar surface area (TPSA) is 137 Å². The van der Waals surface area contributed by atoms with Crippen LogP contribution < -0.4 is 16.0 Å². The fourth-order valence-electron chi connectivity index (χ4n) is 4.67. The average Bonchev–Trinajstić information content (AvgIpc) is 3.80. The molecule has 3 aromatic carbocycles. The first-order valence-electron chi connectivity index (χ1n) is 14.1. The number of carbonyl (C=O) groups excluding carboxylic acids is 4. The van der Waals surface area contributed by atoms with Crippen LogP contribution in [0.1, 0.15) is 36.2 Å². The van der Waals surface area contributed by atoms with Gasteiger partial charge in [0.2, 0.25) is 11.8 Å². The van der Waals surface area contributed by atoms with Crippen molar-refractivity contribution in [3.05, 3.63) is 96.1 Å². The molecule has 3 amide bonds. The van der Waals surface area contributed by atoms with E-state index in [-0.39, 0.29) is 31.4 Å². The molecule has 1 fully saturated rings. The molecule has 220 valence electrons. The number of carbonyl (C=O) groups is 4. The monoisotopic (exact) mass is 571 g/mol. The van der Waals surface area contributed by atoms with Gasteiger partial charge in [0, 0.05) is 12.1 Å². The number of epoxide rings is 1. The Morgan fingerprint density at radius 3 is 2.12 bits per heavy atom. The van der Waals surface area contributed by atoms with Crippen molar-refractivity contribution >= 4 is 23.5 Å². The fourth-order valence-corrected chi connectivity index (χ4v) is 4.67. The number of hydrogen-bond acceptors (Lipinski definition) is 6. The second kappa shape index (κ2) is 14.0. The van der Waals surface area contributed by atoms with Gasteiger partial charge in [-0.05, 0) is 41.2 Å². The third-order valence-electron chi connectivity index (χ3n) is 7.10. The van der Waals surface area contributed by atoms with Crippen LogP contribution >= 0.6 is 0 Å². The molecule has 3 unspecified atom stereocenters. The summed E-state index contributed by atoms with van der Waals surface area (Å²) < 4.78 is 5.24. The average molecular weight is 572 g/mol. The van der Waals surface area contributed by atoms with Crippen molar-refractivity contribution in [2.45, 2.75) is 44.4 Å². The van der Waals surface area contributed by atoms with Gasteiger partial charge in [-0.2, -0.15) is 0 Å². The number of rotatable bonds is 14. The van der Waals surface area contributed by atoms with E-state index in [4.69, 9.17) is 4.74 Å². The predicted molar refractivity (Wildman–Crippen MR) is 158 cm³/mol. The van der Waals surface area contributed by atoms with Gasteiger partial charge in [0.1, 0.15) is 6.04 Å². The van der Waals surface area contributed by atoms with Crippen molar-refractivity contribution < 1.29 is 29.0 Å². The minimum atomic E-state index is -1.31. The van der Waals surface area contributed by atoms with E-state index in [1.807, 2.05) is 80.6 Å². The predicted octanol–water partition coefficient (Wildman–Crippen LogP) is 2.67. The summed E-state index contributed by atoms with van der Waals surface area (Å²) in [5.41, 5.74) is 1.60. The summed E-state index contributed by atoms with van der Waals surface area (Å²) >= 11 is 0. The molecule has 3 atom stereocenters. The molecule has 0 aliphatic carbocycles. The van der Waals surface area contributed by atoms with Crippen LogP contribution in [0.15, 0.2) is 84.9 Å². The number of benzene rings is 3. The van der Waals surface area contributed by atoms with Crippen LogP contribution in [0.4, 0.5) is 0 Å². The molecule has 0 radical (unpaired) electrons. The van der Waals surface area contributed by atoms with Gasteiger partial charge >= 0.3 is 0 Å². The van der Waals surface area contributed by atoms with Gasteiger partial charge in [-0.25, -0.2) is 0 Å². The number of ether oxygens (including phenoxy) is 1. The van der Waals surface area contributed by atoms with Crippen LogP contribution in [0.3, 0.4) is 0 Å². The zero-order chi connectivity index (χ0) is 30.1. The number of ketones is 1. The van der Waals surface area contributed by atoms with E-state index >= 15 is 0 Å². The number of hydrogen-bond donors (Lipinski definition) is 4. The lowest BCUT2D eigenvalue weighted by Crippen LogP contribution is -2.57. The zero-order valence-corrected chi connectivity index (χ0v) is 23.8. The van der Waals surface area contributed by atoms with E-state index in [9.17, 15) is 24.3 Å². The summed E-state index contributed by atoms with van der Waals surface area (Å²) in [6.07, 6.45) is 0.420. The third kappa shape index (κ3) is 8.11. The number of nitrogens with one attached hydrogen (secondary N) is 3. The number of Topliss-reactive ketones (excluding diaryl/α,β-unsaturated/α-hetero) is 1. The lowest BCUT2D eigenvalue weighted by molar-refractivity contribution is -0.133. The van der Waals surface area contributed by atoms with Crippen LogP contribution in [0, 0.1) is 5.92 Å². The molecule has 0 spiro atoms. The van der Waals surface area contributed by atoms with E-state index < -0.39 is 41.9 Å². The lowest BCUT2D eigenvalue weighted by atomic mass is 9.92. The van der Waals surface area contributed by atoms with Crippen molar-refractivity contribution in [1.82, 2.24) is 16.0 Å². The second-order valence-corrected chi connectivity index (χ2v) is 10.9. The first-order chi connectivity index (χ1) is 20.2. The first kappa shape index (κ1) is 30.6. The Balaban J connectivity index is 1.51. The Morgan fingerprint density at radius 2 is 1.50 bits per heavy atom. The molecule has 0 aromatic heterocycles. The maximum Gasteiger partial charge on any atom is 0.252 e. The first-order valence-corrected chi connectivity index (χ1v) is 14.1. The molecule has 1 aliphatic rings. The molecule has 4 N–H and O–H groups in total. The van der Waals surface area contributed by atoms with Gasteiger partial charge in [0.05, 0.1) is 25.7 Å². The molecule has 42 heavy (non-hydrogen) atoms. The van der Waals surface area contributed by atoms with Gasteiger partial charge in [-0.1, -0.05) is 86.6 Å². The normalized spacial score (nSPS) is 17.1. The van der Waals surface area contributed by atoms with Crippen LogP contribution in [0.25, 0.3) is 11.1 Å².